The predicted octanol–water partition coefficient (Wildman–Crippen LogP) is 4.73. The highest BCUT2D eigenvalue weighted by atomic mass is 16.5. The van der Waals surface area contributed by atoms with E-state index in [9.17, 15) is 9.59 Å². The van der Waals surface area contributed by atoms with Crippen molar-refractivity contribution in [1.82, 2.24) is 15.2 Å². The maximum atomic E-state index is 13.9. The van der Waals surface area contributed by atoms with Gasteiger partial charge in [-0.1, -0.05) is 72.8 Å². The lowest BCUT2D eigenvalue weighted by atomic mass is 10.0. The Morgan fingerprint density at radius 1 is 0.816 bits per heavy atom. The summed E-state index contributed by atoms with van der Waals surface area (Å²) in [6.07, 6.45) is 1.77. The van der Waals surface area contributed by atoms with Crippen LogP contribution in [-0.2, 0) is 29.1 Å². The van der Waals surface area contributed by atoms with Gasteiger partial charge in [-0.15, -0.1) is 0 Å². The molecule has 0 aliphatic heterocycles. The van der Waals surface area contributed by atoms with Crippen molar-refractivity contribution in [3.05, 3.63) is 126 Å². The molecule has 3 aromatic carbocycles. The minimum atomic E-state index is -0.840. The number of carbonyl (C=O) groups is 2. The Balaban J connectivity index is 1.67. The molecule has 1 heterocycles. The van der Waals surface area contributed by atoms with Crippen molar-refractivity contribution in [3.63, 3.8) is 0 Å². The monoisotopic (exact) mass is 509 g/mol. The summed E-state index contributed by atoms with van der Waals surface area (Å²) in [6, 6.07) is 29.1. The second-order valence-electron chi connectivity index (χ2n) is 8.73. The van der Waals surface area contributed by atoms with Crippen LogP contribution in [0, 0.1) is 0 Å². The van der Waals surface area contributed by atoms with E-state index in [-0.39, 0.29) is 31.3 Å². The van der Waals surface area contributed by atoms with Gasteiger partial charge in [0, 0.05) is 12.7 Å². The van der Waals surface area contributed by atoms with E-state index in [1.54, 1.807) is 37.4 Å². The van der Waals surface area contributed by atoms with E-state index in [2.05, 4.69) is 10.3 Å². The molecular weight excluding hydrogens is 478 g/mol. The first kappa shape index (κ1) is 26.4. The maximum Gasteiger partial charge on any atom is 0.247 e. The second kappa shape index (κ2) is 13.1. The standard InChI is InChI=1S/C31H31N3O4/c1-37-27-17-16-24(19-28(27)38-2)20-29(35)34(22-23-11-5-3-6-12-23)30(25-13-7-4-8-14-25)31(36)33-21-26-15-9-10-18-32-26/h3-19,30H,20-22H2,1-2H3,(H,33,36). The van der Waals surface area contributed by atoms with E-state index in [0.29, 0.717) is 11.5 Å². The van der Waals surface area contributed by atoms with E-state index in [1.807, 2.05) is 84.9 Å². The quantitative estimate of drug-likeness (QED) is 0.316. The molecule has 0 saturated carbocycles. The molecule has 0 fully saturated rings. The van der Waals surface area contributed by atoms with E-state index in [4.69, 9.17) is 9.47 Å². The van der Waals surface area contributed by atoms with E-state index in [1.165, 1.54) is 0 Å². The van der Waals surface area contributed by atoms with Crippen LogP contribution in [0.15, 0.2) is 103 Å². The molecule has 0 radical (unpaired) electrons. The lowest BCUT2D eigenvalue weighted by molar-refractivity contribution is -0.141. The third kappa shape index (κ3) is 6.76. The Kier molecular flexibility index (Phi) is 9.07. The third-order valence-electron chi connectivity index (χ3n) is 6.16. The normalized spacial score (nSPS) is 11.3. The van der Waals surface area contributed by atoms with E-state index >= 15 is 0 Å². The van der Waals surface area contributed by atoms with Crippen molar-refractivity contribution in [2.24, 2.45) is 0 Å². The number of amides is 2. The fourth-order valence-electron chi connectivity index (χ4n) is 4.26. The van der Waals surface area contributed by atoms with Gasteiger partial charge in [0.25, 0.3) is 0 Å². The number of benzene rings is 3. The highest BCUT2D eigenvalue weighted by Gasteiger charge is 2.31. The number of hydrogen-bond acceptors (Lipinski definition) is 5. The molecule has 194 valence electrons. The van der Waals surface area contributed by atoms with Gasteiger partial charge < -0.3 is 19.7 Å². The first-order valence-electron chi connectivity index (χ1n) is 12.4. The van der Waals surface area contributed by atoms with Gasteiger partial charge in [0.2, 0.25) is 11.8 Å². The molecule has 1 aromatic heterocycles. The number of ether oxygens (including phenoxy) is 2. The van der Waals surface area contributed by atoms with Crippen molar-refractivity contribution in [3.8, 4) is 11.5 Å². The van der Waals surface area contributed by atoms with Gasteiger partial charge in [-0.2, -0.15) is 0 Å². The number of carbonyl (C=O) groups excluding carboxylic acids is 2. The van der Waals surface area contributed by atoms with Crippen LogP contribution in [0.1, 0.15) is 28.4 Å². The highest BCUT2D eigenvalue weighted by molar-refractivity contribution is 5.89. The summed E-state index contributed by atoms with van der Waals surface area (Å²) in [6.45, 7) is 0.523. The summed E-state index contributed by atoms with van der Waals surface area (Å²) in [5.74, 6) is 0.655. The molecule has 1 unspecified atom stereocenters. The molecule has 1 atom stereocenters. The maximum absolute atomic E-state index is 13.9. The molecule has 0 saturated heterocycles. The molecule has 0 spiro atoms. The molecule has 4 aromatic rings. The molecule has 0 bridgehead atoms. The fourth-order valence-corrected chi connectivity index (χ4v) is 4.26. The van der Waals surface area contributed by atoms with Gasteiger partial charge in [0.1, 0.15) is 6.04 Å². The van der Waals surface area contributed by atoms with Crippen molar-refractivity contribution >= 4 is 11.8 Å². The Hall–Kier alpha value is -4.65. The summed E-state index contributed by atoms with van der Waals surface area (Å²) in [7, 11) is 3.13. The number of aromatic nitrogens is 1. The average Bonchev–Trinajstić information content (AvgIpc) is 2.97. The molecule has 4 rings (SSSR count). The van der Waals surface area contributed by atoms with Crippen LogP contribution in [0.3, 0.4) is 0 Å². The Morgan fingerprint density at radius 2 is 1.50 bits per heavy atom. The molecule has 1 N–H and O–H groups in total. The van der Waals surface area contributed by atoms with Crippen molar-refractivity contribution in [1.29, 1.82) is 0 Å². The summed E-state index contributed by atoms with van der Waals surface area (Å²) in [5.41, 5.74) is 3.14. The Bertz CT molecular complexity index is 1330. The largest absolute Gasteiger partial charge is 0.493 e. The van der Waals surface area contributed by atoms with E-state index < -0.39 is 6.04 Å². The Morgan fingerprint density at radius 3 is 2.16 bits per heavy atom. The molecule has 7 heteroatoms. The molecule has 7 nitrogen and oxygen atoms in total. The van der Waals surface area contributed by atoms with Gasteiger partial charge in [0.15, 0.2) is 11.5 Å². The van der Waals surface area contributed by atoms with Gasteiger partial charge >= 0.3 is 0 Å². The number of nitrogens with one attached hydrogen (secondary N) is 1. The molecule has 0 aliphatic rings. The smallest absolute Gasteiger partial charge is 0.247 e. The second-order valence-corrected chi connectivity index (χ2v) is 8.73. The third-order valence-corrected chi connectivity index (χ3v) is 6.16. The van der Waals surface area contributed by atoms with Crippen LogP contribution in [0.2, 0.25) is 0 Å². The van der Waals surface area contributed by atoms with Crippen LogP contribution >= 0.6 is 0 Å². The molecule has 0 aliphatic carbocycles. The lowest BCUT2D eigenvalue weighted by Crippen LogP contribution is -2.44. The van der Waals surface area contributed by atoms with Crippen molar-refractivity contribution < 1.29 is 19.1 Å². The number of pyridine rings is 1. The summed E-state index contributed by atoms with van der Waals surface area (Å²) in [5, 5.41) is 2.98. The van der Waals surface area contributed by atoms with Crippen LogP contribution in [0.5, 0.6) is 11.5 Å². The fraction of sp³-hybridized carbons (Fsp3) is 0.194. The summed E-state index contributed by atoms with van der Waals surface area (Å²) >= 11 is 0. The number of rotatable bonds is 11. The van der Waals surface area contributed by atoms with Gasteiger partial charge in [-0.05, 0) is 41.0 Å². The number of hydrogen-bond donors (Lipinski definition) is 1. The minimum Gasteiger partial charge on any atom is -0.493 e. The van der Waals surface area contributed by atoms with E-state index in [0.717, 1.165) is 22.4 Å². The van der Waals surface area contributed by atoms with Gasteiger partial charge in [0.05, 0.1) is 32.9 Å². The zero-order valence-corrected chi connectivity index (χ0v) is 21.5. The van der Waals surface area contributed by atoms with Gasteiger partial charge in [-0.3, -0.25) is 14.6 Å². The van der Waals surface area contributed by atoms with Crippen molar-refractivity contribution in [2.45, 2.75) is 25.6 Å². The van der Waals surface area contributed by atoms with Crippen molar-refractivity contribution in [2.75, 3.05) is 14.2 Å². The highest BCUT2D eigenvalue weighted by Crippen LogP contribution is 2.29. The SMILES string of the molecule is COc1ccc(CC(=O)N(Cc2ccccc2)C(C(=O)NCc2ccccn2)c2ccccc2)cc1OC. The Labute approximate surface area is 223 Å². The molecule has 38 heavy (non-hydrogen) atoms. The minimum absolute atomic E-state index is 0.0873. The predicted molar refractivity (Wildman–Crippen MR) is 146 cm³/mol. The first-order chi connectivity index (χ1) is 18.6. The first-order valence-corrected chi connectivity index (χ1v) is 12.4. The molecular formula is C31H31N3O4. The van der Waals surface area contributed by atoms with Crippen LogP contribution in [0.4, 0.5) is 0 Å². The summed E-state index contributed by atoms with van der Waals surface area (Å²) in [4.78, 5) is 33.6. The lowest BCUT2D eigenvalue weighted by Gasteiger charge is -2.32. The number of nitrogens with zero attached hydrogens (tertiary/aromatic N) is 2. The summed E-state index contributed by atoms with van der Waals surface area (Å²) < 4.78 is 10.8. The van der Waals surface area contributed by atoms with Crippen LogP contribution in [-0.4, -0.2) is 35.9 Å². The van der Waals surface area contributed by atoms with Crippen LogP contribution < -0.4 is 14.8 Å². The molecule has 2 amide bonds. The zero-order valence-electron chi connectivity index (χ0n) is 21.5. The zero-order chi connectivity index (χ0) is 26.7. The topological polar surface area (TPSA) is 80.8 Å². The van der Waals surface area contributed by atoms with Crippen LogP contribution in [0.25, 0.3) is 0 Å². The number of methoxy groups -OCH3 is 2. The average molecular weight is 510 g/mol. The van der Waals surface area contributed by atoms with Gasteiger partial charge in [-0.25, -0.2) is 0 Å².